The largest absolute Gasteiger partial charge is 0.341 e. The number of benzene rings is 2. The molecule has 1 aromatic heterocycles. The van der Waals surface area contributed by atoms with Gasteiger partial charge in [0.1, 0.15) is 6.04 Å². The van der Waals surface area contributed by atoms with Gasteiger partial charge in [0.05, 0.1) is 4.70 Å². The van der Waals surface area contributed by atoms with Gasteiger partial charge in [-0.15, -0.1) is 0 Å². The average Bonchev–Trinajstić information content (AvgIpc) is 3.43. The molecule has 2 aliphatic heterocycles. The molecule has 142 valence electrons. The monoisotopic (exact) mass is 391 g/mol. The highest BCUT2D eigenvalue weighted by molar-refractivity contribution is 7.13. The van der Waals surface area contributed by atoms with Gasteiger partial charge in [-0.1, -0.05) is 30.3 Å². The molecule has 5 nitrogen and oxygen atoms in total. The Bertz CT molecular complexity index is 1050. The maximum atomic E-state index is 13.4. The molecule has 0 radical (unpaired) electrons. The van der Waals surface area contributed by atoms with Crippen LogP contribution in [0.5, 0.6) is 0 Å². The first-order chi connectivity index (χ1) is 13.7. The van der Waals surface area contributed by atoms with Crippen LogP contribution in [0.1, 0.15) is 34.3 Å². The average molecular weight is 391 g/mol. The first-order valence-electron chi connectivity index (χ1n) is 9.72. The van der Waals surface area contributed by atoms with Crippen LogP contribution in [0.15, 0.2) is 48.7 Å². The quantitative estimate of drug-likeness (QED) is 0.672. The topological polar surface area (TPSA) is 53.5 Å². The van der Waals surface area contributed by atoms with Crippen LogP contribution in [-0.2, 0) is 17.8 Å². The van der Waals surface area contributed by atoms with Gasteiger partial charge in [-0.2, -0.15) is 4.37 Å². The Labute approximate surface area is 167 Å². The summed E-state index contributed by atoms with van der Waals surface area (Å²) < 4.78 is 5.19. The molecular formula is C22H21N3O2S. The molecular weight excluding hydrogens is 370 g/mol. The first-order valence-corrected chi connectivity index (χ1v) is 10.5. The lowest BCUT2D eigenvalue weighted by molar-refractivity contribution is -0.135. The zero-order valence-corrected chi connectivity index (χ0v) is 16.3. The summed E-state index contributed by atoms with van der Waals surface area (Å²) in [6.07, 6.45) is 4.49. The summed E-state index contributed by atoms with van der Waals surface area (Å²) in [7, 11) is 0. The van der Waals surface area contributed by atoms with Crippen LogP contribution in [-0.4, -0.2) is 45.1 Å². The smallest absolute Gasteiger partial charge is 0.254 e. The first kappa shape index (κ1) is 17.4. The van der Waals surface area contributed by atoms with Crippen molar-refractivity contribution in [2.24, 2.45) is 0 Å². The molecule has 0 N–H and O–H groups in total. The van der Waals surface area contributed by atoms with Crippen molar-refractivity contribution < 1.29 is 9.59 Å². The van der Waals surface area contributed by atoms with Crippen LogP contribution < -0.4 is 0 Å². The lowest BCUT2D eigenvalue weighted by atomic mass is 9.92. The van der Waals surface area contributed by atoms with Gasteiger partial charge in [-0.3, -0.25) is 9.59 Å². The third kappa shape index (κ3) is 2.98. The third-order valence-corrected chi connectivity index (χ3v) is 6.58. The third-order valence-electron chi connectivity index (χ3n) is 5.82. The summed E-state index contributed by atoms with van der Waals surface area (Å²) >= 11 is 1.39. The molecule has 28 heavy (non-hydrogen) atoms. The van der Waals surface area contributed by atoms with Crippen LogP contribution in [0.3, 0.4) is 0 Å². The van der Waals surface area contributed by atoms with Crippen LogP contribution in [0.25, 0.3) is 10.1 Å². The van der Waals surface area contributed by atoms with E-state index in [0.717, 1.165) is 41.6 Å². The molecule has 0 bridgehead atoms. The van der Waals surface area contributed by atoms with E-state index in [9.17, 15) is 9.59 Å². The van der Waals surface area contributed by atoms with Gasteiger partial charge in [0.25, 0.3) is 5.91 Å². The number of nitrogens with zero attached hydrogens (tertiary/aromatic N) is 3. The van der Waals surface area contributed by atoms with E-state index >= 15 is 0 Å². The molecule has 2 aliphatic rings. The highest BCUT2D eigenvalue weighted by atomic mass is 32.1. The van der Waals surface area contributed by atoms with Crippen molar-refractivity contribution >= 4 is 33.4 Å². The van der Waals surface area contributed by atoms with Crippen LogP contribution in [0.4, 0.5) is 0 Å². The standard InChI is InChI=1S/C22H21N3O2S/c26-21(16-7-8-17-13-23-28-20(17)12-16)25-14-18-6-2-1-5-15(18)11-19(25)22(27)24-9-3-4-10-24/h1-2,5-8,12-13,19H,3-4,9-11,14H2. The lowest BCUT2D eigenvalue weighted by Crippen LogP contribution is -2.53. The van der Waals surface area contributed by atoms with Crippen LogP contribution in [0, 0.1) is 0 Å². The molecule has 1 unspecified atom stereocenters. The van der Waals surface area contributed by atoms with Gasteiger partial charge < -0.3 is 9.80 Å². The molecule has 3 heterocycles. The lowest BCUT2D eigenvalue weighted by Gasteiger charge is -2.38. The van der Waals surface area contributed by atoms with Gasteiger partial charge >= 0.3 is 0 Å². The summed E-state index contributed by atoms with van der Waals surface area (Å²) in [5.41, 5.74) is 2.91. The molecule has 2 aromatic carbocycles. The molecule has 2 amide bonds. The zero-order valence-electron chi connectivity index (χ0n) is 15.5. The molecule has 0 aliphatic carbocycles. The minimum Gasteiger partial charge on any atom is -0.341 e. The van der Waals surface area contributed by atoms with Crippen molar-refractivity contribution in [1.29, 1.82) is 0 Å². The van der Waals surface area contributed by atoms with E-state index in [1.165, 1.54) is 17.1 Å². The van der Waals surface area contributed by atoms with Crippen molar-refractivity contribution in [2.45, 2.75) is 31.8 Å². The van der Waals surface area contributed by atoms with E-state index in [1.54, 1.807) is 4.90 Å². The van der Waals surface area contributed by atoms with Gasteiger partial charge in [0.15, 0.2) is 0 Å². The van der Waals surface area contributed by atoms with Crippen molar-refractivity contribution in [3.8, 4) is 0 Å². The number of carbonyl (C=O) groups is 2. The number of fused-ring (bicyclic) bond motifs is 2. The summed E-state index contributed by atoms with van der Waals surface area (Å²) in [6, 6.07) is 13.4. The molecule has 3 aromatic rings. The van der Waals surface area contributed by atoms with E-state index in [2.05, 4.69) is 16.5 Å². The van der Waals surface area contributed by atoms with E-state index in [1.807, 2.05) is 41.4 Å². The van der Waals surface area contributed by atoms with Gasteiger partial charge in [0.2, 0.25) is 5.91 Å². The summed E-state index contributed by atoms with van der Waals surface area (Å²) in [5, 5.41) is 1.04. The Hall–Kier alpha value is -2.73. The molecule has 0 saturated carbocycles. The predicted octanol–water partition coefficient (Wildman–Crippen LogP) is 3.49. The van der Waals surface area contributed by atoms with E-state index < -0.39 is 6.04 Å². The number of rotatable bonds is 2. The van der Waals surface area contributed by atoms with Crippen molar-refractivity contribution in [3.05, 3.63) is 65.4 Å². The summed E-state index contributed by atoms with van der Waals surface area (Å²) in [4.78, 5) is 30.4. The van der Waals surface area contributed by atoms with Gasteiger partial charge in [0, 0.05) is 43.2 Å². The molecule has 5 rings (SSSR count). The zero-order chi connectivity index (χ0) is 19.1. The molecule has 1 fully saturated rings. The van der Waals surface area contributed by atoms with Crippen LogP contribution in [0.2, 0.25) is 0 Å². The normalized spacial score (nSPS) is 19.1. The van der Waals surface area contributed by atoms with Crippen molar-refractivity contribution in [3.63, 3.8) is 0 Å². The van der Waals surface area contributed by atoms with Crippen molar-refractivity contribution in [2.75, 3.05) is 13.1 Å². The Morgan fingerprint density at radius 3 is 2.64 bits per heavy atom. The summed E-state index contributed by atoms with van der Waals surface area (Å²) in [6.45, 7) is 2.07. The minimum atomic E-state index is -0.433. The highest BCUT2D eigenvalue weighted by Crippen LogP contribution is 2.28. The fourth-order valence-corrected chi connectivity index (χ4v) is 4.95. The second-order valence-corrected chi connectivity index (χ2v) is 8.37. The maximum Gasteiger partial charge on any atom is 0.254 e. The number of hydrogen-bond acceptors (Lipinski definition) is 4. The number of amides is 2. The second-order valence-electron chi connectivity index (χ2n) is 7.53. The minimum absolute atomic E-state index is 0.0812. The number of carbonyl (C=O) groups excluding carboxylic acids is 2. The van der Waals surface area contributed by atoms with Gasteiger partial charge in [-0.25, -0.2) is 0 Å². The Morgan fingerprint density at radius 2 is 1.82 bits per heavy atom. The van der Waals surface area contributed by atoms with Crippen LogP contribution >= 0.6 is 11.5 Å². The molecule has 1 saturated heterocycles. The number of aromatic nitrogens is 1. The fourth-order valence-electron chi connectivity index (χ4n) is 4.26. The second kappa shape index (κ2) is 7.02. The van der Waals surface area contributed by atoms with Crippen molar-refractivity contribution in [1.82, 2.24) is 14.2 Å². The Balaban J connectivity index is 1.51. The molecule has 0 spiro atoms. The van der Waals surface area contributed by atoms with E-state index in [4.69, 9.17) is 0 Å². The Morgan fingerprint density at radius 1 is 1.04 bits per heavy atom. The number of hydrogen-bond donors (Lipinski definition) is 0. The SMILES string of the molecule is O=C(C1Cc2ccccc2CN1C(=O)c1ccc2cnsc2c1)N1CCCC1. The van der Waals surface area contributed by atoms with Gasteiger partial charge in [-0.05, 0) is 47.6 Å². The Kier molecular flexibility index (Phi) is 4.36. The fraction of sp³-hybridized carbons (Fsp3) is 0.318. The highest BCUT2D eigenvalue weighted by Gasteiger charge is 2.37. The molecule has 6 heteroatoms. The predicted molar refractivity (Wildman–Crippen MR) is 109 cm³/mol. The molecule has 1 atom stereocenters. The van der Waals surface area contributed by atoms with E-state index in [0.29, 0.717) is 18.5 Å². The summed E-state index contributed by atoms with van der Waals surface area (Å²) in [5.74, 6) is 0.00146. The number of likely N-dealkylation sites (tertiary alicyclic amines) is 1. The maximum absolute atomic E-state index is 13.4. The van der Waals surface area contributed by atoms with E-state index in [-0.39, 0.29) is 11.8 Å².